The van der Waals surface area contributed by atoms with Crippen molar-refractivity contribution in [2.45, 2.75) is 38.1 Å². The Kier molecular flexibility index (Phi) is 5.62. The molecule has 21 heavy (non-hydrogen) atoms. The van der Waals surface area contributed by atoms with Crippen LogP contribution >= 0.6 is 0 Å². The number of hydrogen-bond acceptors (Lipinski definition) is 4. The van der Waals surface area contributed by atoms with Crippen LogP contribution in [0.15, 0.2) is 0 Å². The molecule has 0 radical (unpaired) electrons. The molecule has 2 rings (SSSR count). The zero-order chi connectivity index (χ0) is 15.5. The number of sulfonamides is 1. The lowest BCUT2D eigenvalue weighted by molar-refractivity contribution is -0.132. The standard InChI is InChI=1S/C14H27N3O3S/c1-15-9-11-16(12-10-15)14(18)7-8-17(21(2,19)20)13-5-3-4-6-13/h13H,3-12H2,1-2H3. The molecule has 1 aliphatic heterocycles. The van der Waals surface area contributed by atoms with E-state index in [4.69, 9.17) is 0 Å². The molecular weight excluding hydrogens is 290 g/mol. The van der Waals surface area contributed by atoms with Gasteiger partial charge in [-0.05, 0) is 19.9 Å². The fourth-order valence-corrected chi connectivity index (χ4v) is 4.41. The van der Waals surface area contributed by atoms with Crippen LogP contribution in [0.1, 0.15) is 32.1 Å². The third-order valence-corrected chi connectivity index (χ3v) is 5.89. The van der Waals surface area contributed by atoms with Crippen molar-refractivity contribution < 1.29 is 13.2 Å². The van der Waals surface area contributed by atoms with Crippen molar-refractivity contribution in [2.24, 2.45) is 0 Å². The molecule has 2 fully saturated rings. The maximum absolute atomic E-state index is 12.2. The molecule has 0 atom stereocenters. The van der Waals surface area contributed by atoms with E-state index in [-0.39, 0.29) is 11.9 Å². The smallest absolute Gasteiger partial charge is 0.223 e. The van der Waals surface area contributed by atoms with Gasteiger partial charge in [0.1, 0.15) is 0 Å². The second kappa shape index (κ2) is 7.07. The lowest BCUT2D eigenvalue weighted by Crippen LogP contribution is -2.48. The van der Waals surface area contributed by atoms with Gasteiger partial charge in [-0.3, -0.25) is 4.79 Å². The van der Waals surface area contributed by atoms with Gasteiger partial charge in [-0.2, -0.15) is 4.31 Å². The number of amides is 1. The summed E-state index contributed by atoms with van der Waals surface area (Å²) in [5, 5.41) is 0. The van der Waals surface area contributed by atoms with E-state index in [1.54, 1.807) is 4.31 Å². The Morgan fingerprint density at radius 3 is 2.24 bits per heavy atom. The van der Waals surface area contributed by atoms with Crippen LogP contribution in [0.5, 0.6) is 0 Å². The maximum Gasteiger partial charge on any atom is 0.223 e. The summed E-state index contributed by atoms with van der Waals surface area (Å²) in [6, 6.07) is 0.0975. The predicted octanol–water partition coefficient (Wildman–Crippen LogP) is 0.355. The van der Waals surface area contributed by atoms with Crippen molar-refractivity contribution in [2.75, 3.05) is 46.0 Å². The van der Waals surface area contributed by atoms with Gasteiger partial charge in [0.25, 0.3) is 0 Å². The van der Waals surface area contributed by atoms with Gasteiger partial charge in [0, 0.05) is 45.2 Å². The van der Waals surface area contributed by atoms with Crippen LogP contribution in [-0.2, 0) is 14.8 Å². The molecule has 1 aliphatic carbocycles. The zero-order valence-corrected chi connectivity index (χ0v) is 13.9. The van der Waals surface area contributed by atoms with Crippen molar-refractivity contribution in [3.63, 3.8) is 0 Å². The minimum Gasteiger partial charge on any atom is -0.340 e. The summed E-state index contributed by atoms with van der Waals surface area (Å²) in [7, 11) is -1.18. The van der Waals surface area contributed by atoms with Crippen LogP contribution < -0.4 is 0 Å². The quantitative estimate of drug-likeness (QED) is 0.734. The first kappa shape index (κ1) is 16.7. The Bertz CT molecular complexity index is 452. The molecule has 0 bridgehead atoms. The van der Waals surface area contributed by atoms with Crippen LogP contribution in [-0.4, -0.2) is 80.5 Å². The Hall–Kier alpha value is -0.660. The lowest BCUT2D eigenvalue weighted by Gasteiger charge is -2.33. The highest BCUT2D eigenvalue weighted by Crippen LogP contribution is 2.25. The molecular formula is C14H27N3O3S. The van der Waals surface area contributed by atoms with Crippen molar-refractivity contribution in [1.82, 2.24) is 14.1 Å². The first-order chi connectivity index (χ1) is 9.88. The van der Waals surface area contributed by atoms with Gasteiger partial charge in [-0.25, -0.2) is 8.42 Å². The Labute approximate surface area is 128 Å². The van der Waals surface area contributed by atoms with Crippen LogP contribution in [0.2, 0.25) is 0 Å². The first-order valence-corrected chi connectivity index (χ1v) is 9.66. The Balaban J connectivity index is 1.88. The van der Waals surface area contributed by atoms with E-state index in [2.05, 4.69) is 4.90 Å². The number of carbonyl (C=O) groups excluding carboxylic acids is 1. The van der Waals surface area contributed by atoms with E-state index >= 15 is 0 Å². The Morgan fingerprint density at radius 1 is 1.14 bits per heavy atom. The van der Waals surface area contributed by atoms with Gasteiger partial charge < -0.3 is 9.80 Å². The summed E-state index contributed by atoms with van der Waals surface area (Å²) < 4.78 is 25.4. The molecule has 1 saturated carbocycles. The molecule has 7 heteroatoms. The van der Waals surface area contributed by atoms with E-state index in [9.17, 15) is 13.2 Å². The lowest BCUT2D eigenvalue weighted by atomic mass is 10.2. The monoisotopic (exact) mass is 317 g/mol. The van der Waals surface area contributed by atoms with Gasteiger partial charge in [-0.15, -0.1) is 0 Å². The minimum atomic E-state index is -3.23. The average molecular weight is 317 g/mol. The van der Waals surface area contributed by atoms with Crippen molar-refractivity contribution in [3.05, 3.63) is 0 Å². The normalized spacial score (nSPS) is 22.1. The number of carbonyl (C=O) groups is 1. The van der Waals surface area contributed by atoms with E-state index < -0.39 is 10.0 Å². The number of rotatable bonds is 5. The second-order valence-electron chi connectivity index (χ2n) is 6.25. The fourth-order valence-electron chi connectivity index (χ4n) is 3.23. The predicted molar refractivity (Wildman–Crippen MR) is 82.5 cm³/mol. The molecule has 0 aromatic rings. The molecule has 6 nitrogen and oxygen atoms in total. The van der Waals surface area contributed by atoms with E-state index in [0.717, 1.165) is 51.9 Å². The molecule has 0 N–H and O–H groups in total. The van der Waals surface area contributed by atoms with Crippen molar-refractivity contribution in [3.8, 4) is 0 Å². The Morgan fingerprint density at radius 2 is 1.71 bits per heavy atom. The number of hydrogen-bond donors (Lipinski definition) is 0. The molecule has 0 aromatic carbocycles. The summed E-state index contributed by atoms with van der Waals surface area (Å²) in [6.07, 6.45) is 5.58. The van der Waals surface area contributed by atoms with Gasteiger partial charge in [0.2, 0.25) is 15.9 Å². The molecule has 122 valence electrons. The fraction of sp³-hybridized carbons (Fsp3) is 0.929. The highest BCUT2D eigenvalue weighted by Gasteiger charge is 2.30. The average Bonchev–Trinajstić information content (AvgIpc) is 2.91. The van der Waals surface area contributed by atoms with E-state index in [1.807, 2.05) is 11.9 Å². The van der Waals surface area contributed by atoms with Crippen molar-refractivity contribution >= 4 is 15.9 Å². The number of piperazine rings is 1. The first-order valence-electron chi connectivity index (χ1n) is 7.81. The summed E-state index contributed by atoms with van der Waals surface area (Å²) in [5.41, 5.74) is 0. The third kappa shape index (κ3) is 4.66. The van der Waals surface area contributed by atoms with Crippen LogP contribution in [0, 0.1) is 0 Å². The van der Waals surface area contributed by atoms with Gasteiger partial charge in [0.05, 0.1) is 6.26 Å². The zero-order valence-electron chi connectivity index (χ0n) is 13.1. The van der Waals surface area contributed by atoms with Gasteiger partial charge >= 0.3 is 0 Å². The summed E-state index contributed by atoms with van der Waals surface area (Å²) in [4.78, 5) is 16.3. The SMILES string of the molecule is CN1CCN(C(=O)CCN(C2CCCC2)S(C)(=O)=O)CC1. The van der Waals surface area contributed by atoms with Crippen LogP contribution in [0.25, 0.3) is 0 Å². The molecule has 1 saturated heterocycles. The van der Waals surface area contributed by atoms with E-state index in [1.165, 1.54) is 6.26 Å². The van der Waals surface area contributed by atoms with Gasteiger partial charge in [0.15, 0.2) is 0 Å². The third-order valence-electron chi connectivity index (χ3n) is 4.56. The summed E-state index contributed by atoms with van der Waals surface area (Å²) in [5.74, 6) is 0.0785. The molecule has 0 aromatic heterocycles. The molecule has 2 aliphatic rings. The van der Waals surface area contributed by atoms with Crippen LogP contribution in [0.3, 0.4) is 0 Å². The minimum absolute atomic E-state index is 0.0785. The topological polar surface area (TPSA) is 60.9 Å². The maximum atomic E-state index is 12.2. The van der Waals surface area contributed by atoms with Gasteiger partial charge in [-0.1, -0.05) is 12.8 Å². The largest absolute Gasteiger partial charge is 0.340 e. The number of likely N-dealkylation sites (N-methyl/N-ethyl adjacent to an activating group) is 1. The molecule has 1 amide bonds. The summed E-state index contributed by atoms with van der Waals surface area (Å²) >= 11 is 0. The van der Waals surface area contributed by atoms with E-state index in [0.29, 0.717) is 13.0 Å². The molecule has 1 heterocycles. The highest BCUT2D eigenvalue weighted by atomic mass is 32.2. The molecule has 0 spiro atoms. The molecule has 0 unspecified atom stereocenters. The van der Waals surface area contributed by atoms with Crippen LogP contribution in [0.4, 0.5) is 0 Å². The highest BCUT2D eigenvalue weighted by molar-refractivity contribution is 7.88. The number of nitrogens with zero attached hydrogens (tertiary/aromatic N) is 3. The summed E-state index contributed by atoms with van der Waals surface area (Å²) in [6.45, 7) is 3.61. The van der Waals surface area contributed by atoms with Crippen molar-refractivity contribution in [1.29, 1.82) is 0 Å². The second-order valence-corrected chi connectivity index (χ2v) is 8.18.